The maximum atomic E-state index is 12.7. The third kappa shape index (κ3) is 4.05. The molecular formula is C24H30N4O3. The van der Waals surface area contributed by atoms with Gasteiger partial charge in [0.05, 0.1) is 0 Å². The minimum Gasteiger partial charge on any atom is -0.445 e. The SMILES string of the molecule is Cc1oc(C2CCN(C(=O)Nc3ccc4c(c3)CCC4)CC2)nc1C(=O)N1CCCC1. The first kappa shape index (κ1) is 20.1. The van der Waals surface area contributed by atoms with E-state index in [4.69, 9.17) is 4.42 Å². The number of fused-ring (bicyclic) bond motifs is 1. The van der Waals surface area contributed by atoms with Crippen LogP contribution < -0.4 is 5.32 Å². The highest BCUT2D eigenvalue weighted by Crippen LogP contribution is 2.30. The first-order valence-electron chi connectivity index (χ1n) is 11.5. The minimum absolute atomic E-state index is 0.0174. The van der Waals surface area contributed by atoms with Gasteiger partial charge in [0.15, 0.2) is 11.6 Å². The molecule has 0 saturated carbocycles. The fourth-order valence-corrected chi connectivity index (χ4v) is 5.04. The number of urea groups is 1. The molecule has 0 atom stereocenters. The first-order chi connectivity index (χ1) is 15.1. The summed E-state index contributed by atoms with van der Waals surface area (Å²) in [5.74, 6) is 1.36. The molecule has 2 aromatic rings. The van der Waals surface area contributed by atoms with Gasteiger partial charge in [0.2, 0.25) is 0 Å². The molecule has 7 nitrogen and oxygen atoms in total. The van der Waals surface area contributed by atoms with Gasteiger partial charge in [0.25, 0.3) is 5.91 Å². The fourth-order valence-electron chi connectivity index (χ4n) is 5.04. The summed E-state index contributed by atoms with van der Waals surface area (Å²) in [5.41, 5.74) is 4.09. The lowest BCUT2D eigenvalue weighted by molar-refractivity contribution is 0.0786. The van der Waals surface area contributed by atoms with E-state index in [0.29, 0.717) is 30.4 Å². The van der Waals surface area contributed by atoms with Crippen LogP contribution >= 0.6 is 0 Å². The maximum absolute atomic E-state index is 12.7. The Morgan fingerprint density at radius 3 is 2.52 bits per heavy atom. The van der Waals surface area contributed by atoms with Crippen LogP contribution in [0.5, 0.6) is 0 Å². The van der Waals surface area contributed by atoms with Gasteiger partial charge in [0.1, 0.15) is 5.76 Å². The van der Waals surface area contributed by atoms with E-state index in [1.54, 1.807) is 0 Å². The van der Waals surface area contributed by atoms with Crippen LogP contribution in [-0.2, 0) is 12.8 Å². The Morgan fingerprint density at radius 1 is 1.00 bits per heavy atom. The van der Waals surface area contributed by atoms with Crippen LogP contribution in [-0.4, -0.2) is 52.9 Å². The van der Waals surface area contributed by atoms with Crippen molar-refractivity contribution in [3.05, 3.63) is 46.7 Å². The van der Waals surface area contributed by atoms with E-state index in [0.717, 1.165) is 57.3 Å². The summed E-state index contributed by atoms with van der Waals surface area (Å²) in [5, 5.41) is 3.05. The summed E-state index contributed by atoms with van der Waals surface area (Å²) in [7, 11) is 0. The number of aromatic nitrogens is 1. The molecule has 0 spiro atoms. The third-order valence-corrected chi connectivity index (χ3v) is 6.89. The van der Waals surface area contributed by atoms with Crippen LogP contribution in [0.2, 0.25) is 0 Å². The smallest absolute Gasteiger partial charge is 0.321 e. The second kappa shape index (κ2) is 8.36. The maximum Gasteiger partial charge on any atom is 0.321 e. The monoisotopic (exact) mass is 422 g/mol. The summed E-state index contributed by atoms with van der Waals surface area (Å²) in [6.07, 6.45) is 7.13. The molecule has 2 saturated heterocycles. The van der Waals surface area contributed by atoms with E-state index in [-0.39, 0.29) is 17.9 Å². The molecular weight excluding hydrogens is 392 g/mol. The van der Waals surface area contributed by atoms with Crippen molar-refractivity contribution in [3.8, 4) is 0 Å². The molecule has 164 valence electrons. The molecule has 31 heavy (non-hydrogen) atoms. The van der Waals surface area contributed by atoms with Gasteiger partial charge in [-0.3, -0.25) is 4.79 Å². The molecule has 1 aromatic carbocycles. The Labute approximate surface area is 182 Å². The van der Waals surface area contributed by atoms with Crippen molar-refractivity contribution in [1.82, 2.24) is 14.8 Å². The van der Waals surface area contributed by atoms with Crippen molar-refractivity contribution >= 4 is 17.6 Å². The lowest BCUT2D eigenvalue weighted by Crippen LogP contribution is -2.40. The summed E-state index contributed by atoms with van der Waals surface area (Å²) < 4.78 is 5.89. The normalized spacial score (nSPS) is 19.0. The summed E-state index contributed by atoms with van der Waals surface area (Å²) in [4.78, 5) is 33.7. The van der Waals surface area contributed by atoms with Crippen LogP contribution in [0.4, 0.5) is 10.5 Å². The Hall–Kier alpha value is -2.83. The summed E-state index contributed by atoms with van der Waals surface area (Å²) in [6, 6.07) is 6.20. The van der Waals surface area contributed by atoms with Crippen molar-refractivity contribution in [2.75, 3.05) is 31.5 Å². The number of anilines is 1. The van der Waals surface area contributed by atoms with E-state index in [9.17, 15) is 9.59 Å². The number of nitrogens with zero attached hydrogens (tertiary/aromatic N) is 3. The fraction of sp³-hybridized carbons (Fsp3) is 0.542. The zero-order valence-electron chi connectivity index (χ0n) is 18.2. The van der Waals surface area contributed by atoms with Crippen molar-refractivity contribution in [2.45, 2.75) is 57.8 Å². The molecule has 1 N–H and O–H groups in total. The molecule has 2 aliphatic heterocycles. The Bertz CT molecular complexity index is 985. The van der Waals surface area contributed by atoms with Gasteiger partial charge in [-0.25, -0.2) is 9.78 Å². The number of oxazole rings is 1. The lowest BCUT2D eigenvalue weighted by atomic mass is 9.97. The highest BCUT2D eigenvalue weighted by molar-refractivity contribution is 5.93. The number of aryl methyl sites for hydroxylation is 3. The number of likely N-dealkylation sites (tertiary alicyclic amines) is 2. The predicted molar refractivity (Wildman–Crippen MR) is 117 cm³/mol. The zero-order valence-corrected chi connectivity index (χ0v) is 18.2. The molecule has 0 radical (unpaired) electrons. The van der Waals surface area contributed by atoms with Crippen LogP contribution in [0.1, 0.15) is 71.3 Å². The topological polar surface area (TPSA) is 78.7 Å². The predicted octanol–water partition coefficient (Wildman–Crippen LogP) is 4.12. The van der Waals surface area contributed by atoms with Gasteiger partial charge >= 0.3 is 6.03 Å². The molecule has 3 heterocycles. The number of benzene rings is 1. The largest absolute Gasteiger partial charge is 0.445 e. The summed E-state index contributed by atoms with van der Waals surface area (Å²) in [6.45, 7) is 4.73. The van der Waals surface area contributed by atoms with Gasteiger partial charge in [-0.15, -0.1) is 0 Å². The van der Waals surface area contributed by atoms with Crippen molar-refractivity contribution in [3.63, 3.8) is 0 Å². The highest BCUT2D eigenvalue weighted by atomic mass is 16.4. The number of nitrogens with one attached hydrogen (secondary N) is 1. The van der Waals surface area contributed by atoms with E-state index in [2.05, 4.69) is 22.4 Å². The molecule has 3 aliphatic rings. The molecule has 0 bridgehead atoms. The third-order valence-electron chi connectivity index (χ3n) is 6.89. The Balaban J connectivity index is 1.18. The van der Waals surface area contributed by atoms with E-state index < -0.39 is 0 Å². The molecule has 0 unspecified atom stereocenters. The van der Waals surface area contributed by atoms with Crippen molar-refractivity contribution in [2.24, 2.45) is 0 Å². The van der Waals surface area contributed by atoms with E-state index in [1.165, 1.54) is 17.5 Å². The first-order valence-corrected chi connectivity index (χ1v) is 11.5. The van der Waals surface area contributed by atoms with Crippen molar-refractivity contribution < 1.29 is 14.0 Å². The quantitative estimate of drug-likeness (QED) is 0.807. The van der Waals surface area contributed by atoms with Crippen LogP contribution in [0.3, 0.4) is 0 Å². The molecule has 3 amide bonds. The molecule has 5 rings (SSSR count). The summed E-state index contributed by atoms with van der Waals surface area (Å²) >= 11 is 0. The minimum atomic E-state index is -0.0510. The van der Waals surface area contributed by atoms with Gasteiger partial charge in [-0.2, -0.15) is 0 Å². The van der Waals surface area contributed by atoms with Crippen LogP contribution in [0.25, 0.3) is 0 Å². The zero-order chi connectivity index (χ0) is 21.4. The van der Waals surface area contributed by atoms with Gasteiger partial charge in [-0.05, 0) is 75.1 Å². The Kier molecular flexibility index (Phi) is 5.42. The number of carbonyl (C=O) groups is 2. The highest BCUT2D eigenvalue weighted by Gasteiger charge is 2.30. The van der Waals surface area contributed by atoms with E-state index >= 15 is 0 Å². The number of rotatable bonds is 3. The second-order valence-corrected chi connectivity index (χ2v) is 8.98. The van der Waals surface area contributed by atoms with Gasteiger partial charge in [-0.1, -0.05) is 6.07 Å². The number of carbonyl (C=O) groups excluding carboxylic acids is 2. The average molecular weight is 423 g/mol. The molecule has 1 aliphatic carbocycles. The lowest BCUT2D eigenvalue weighted by Gasteiger charge is -2.30. The number of amides is 3. The van der Waals surface area contributed by atoms with Crippen molar-refractivity contribution in [1.29, 1.82) is 0 Å². The van der Waals surface area contributed by atoms with Gasteiger partial charge < -0.3 is 19.5 Å². The average Bonchev–Trinajstić information content (AvgIpc) is 3.54. The molecule has 2 fully saturated rings. The van der Waals surface area contributed by atoms with Crippen LogP contribution in [0.15, 0.2) is 22.6 Å². The standard InChI is InChI=1S/C24H30N4O3/c1-16-21(23(29)27-11-2-3-12-27)26-22(31-16)18-9-13-28(14-10-18)24(30)25-20-8-7-17-5-4-6-19(17)15-20/h7-8,15,18H,2-6,9-14H2,1H3,(H,25,30). The van der Waals surface area contributed by atoms with Crippen LogP contribution in [0, 0.1) is 6.92 Å². The van der Waals surface area contributed by atoms with Gasteiger partial charge in [0, 0.05) is 37.8 Å². The number of piperidine rings is 1. The second-order valence-electron chi connectivity index (χ2n) is 8.98. The molecule has 1 aromatic heterocycles. The molecule has 7 heteroatoms. The van der Waals surface area contributed by atoms with E-state index in [1.807, 2.05) is 22.8 Å². The Morgan fingerprint density at radius 2 is 1.74 bits per heavy atom. The number of hydrogen-bond acceptors (Lipinski definition) is 4. The number of hydrogen-bond donors (Lipinski definition) is 1.